The number of aromatic nitrogens is 5. The summed E-state index contributed by atoms with van der Waals surface area (Å²) in [6.45, 7) is 1.20. The number of pyridine rings is 2. The number of hydrogen-bond acceptors (Lipinski definition) is 6. The van der Waals surface area contributed by atoms with E-state index >= 15 is 0 Å². The van der Waals surface area contributed by atoms with Crippen molar-refractivity contribution >= 4 is 38.7 Å². The Labute approximate surface area is 181 Å². The van der Waals surface area contributed by atoms with Crippen molar-refractivity contribution in [2.75, 3.05) is 18.0 Å². The summed E-state index contributed by atoms with van der Waals surface area (Å²) >= 11 is 0. The maximum Gasteiger partial charge on any atom is 0.266 e. The van der Waals surface area contributed by atoms with Gasteiger partial charge in [-0.1, -0.05) is 18.2 Å². The summed E-state index contributed by atoms with van der Waals surface area (Å²) in [6.07, 6.45) is 2.49. The average Bonchev–Trinajstić information content (AvgIpc) is 3.41. The zero-order valence-electron chi connectivity index (χ0n) is 17.0. The van der Waals surface area contributed by atoms with Crippen LogP contribution < -0.4 is 10.6 Å². The minimum absolute atomic E-state index is 0.0263. The van der Waals surface area contributed by atoms with E-state index in [4.69, 9.17) is 10.7 Å². The normalized spacial score (nSPS) is 16.8. The van der Waals surface area contributed by atoms with Crippen LogP contribution in [0.25, 0.3) is 44.2 Å². The largest absolute Gasteiger partial charge is 0.354 e. The Morgan fingerprint density at radius 3 is 2.78 bits per heavy atom. The number of halogens is 2. The molecule has 9 heteroatoms. The van der Waals surface area contributed by atoms with Crippen LogP contribution in [0.5, 0.6) is 0 Å². The van der Waals surface area contributed by atoms with Gasteiger partial charge in [0.15, 0.2) is 5.82 Å². The predicted molar refractivity (Wildman–Crippen MR) is 120 cm³/mol. The number of alkyl halides is 2. The molecular formula is C23H19F2N7. The molecule has 1 fully saturated rings. The minimum Gasteiger partial charge on any atom is -0.354 e. The summed E-state index contributed by atoms with van der Waals surface area (Å²) in [5.74, 6) is 0.916. The lowest BCUT2D eigenvalue weighted by molar-refractivity contribution is 0.152. The zero-order valence-corrected chi connectivity index (χ0v) is 17.0. The van der Waals surface area contributed by atoms with E-state index in [0.29, 0.717) is 35.6 Å². The van der Waals surface area contributed by atoms with Crippen molar-refractivity contribution in [1.29, 1.82) is 0 Å². The smallest absolute Gasteiger partial charge is 0.266 e. The molecule has 6 rings (SSSR count). The number of H-pyrrole nitrogens is 1. The van der Waals surface area contributed by atoms with Gasteiger partial charge in [0.05, 0.1) is 17.1 Å². The van der Waals surface area contributed by atoms with Crippen molar-refractivity contribution in [2.24, 2.45) is 5.73 Å². The Kier molecular flexibility index (Phi) is 4.25. The molecule has 160 valence electrons. The Hall–Kier alpha value is -3.72. The van der Waals surface area contributed by atoms with Crippen molar-refractivity contribution in [3.05, 3.63) is 54.5 Å². The fourth-order valence-electron chi connectivity index (χ4n) is 4.54. The van der Waals surface area contributed by atoms with E-state index in [1.807, 2.05) is 35.2 Å². The van der Waals surface area contributed by atoms with E-state index in [2.05, 4.69) is 19.9 Å². The van der Waals surface area contributed by atoms with Gasteiger partial charge >= 0.3 is 0 Å². The molecule has 32 heavy (non-hydrogen) atoms. The summed E-state index contributed by atoms with van der Waals surface area (Å²) in [7, 11) is 0. The molecule has 0 saturated carbocycles. The summed E-state index contributed by atoms with van der Waals surface area (Å²) in [6, 6.07) is 9.74. The van der Waals surface area contributed by atoms with Crippen LogP contribution >= 0.6 is 0 Å². The maximum absolute atomic E-state index is 13.9. The number of rotatable bonds is 3. The molecule has 0 radical (unpaired) electrons. The molecule has 1 aliphatic heterocycles. The Morgan fingerprint density at radius 2 is 1.97 bits per heavy atom. The first-order valence-electron chi connectivity index (χ1n) is 10.4. The van der Waals surface area contributed by atoms with Gasteiger partial charge in [-0.15, -0.1) is 0 Å². The lowest BCUT2D eigenvalue weighted by Gasteiger charge is -2.21. The Bertz CT molecular complexity index is 1480. The van der Waals surface area contributed by atoms with Gasteiger partial charge in [0.1, 0.15) is 11.5 Å². The standard InChI is InChI=1S/C23H19F2N7/c24-20(25)15-9-27-10-17-19(15)23(32-8-6-12(26)11-32)31-21(30-17)14-5-7-28-22-18(14)13-3-1-2-4-16(13)29-22/h1-5,7,9-10,12,20H,6,8,11,26H2,(H,28,29). The van der Waals surface area contributed by atoms with Gasteiger partial charge in [0.25, 0.3) is 6.43 Å². The van der Waals surface area contributed by atoms with Crippen LogP contribution in [0.15, 0.2) is 48.9 Å². The van der Waals surface area contributed by atoms with Crippen molar-refractivity contribution in [1.82, 2.24) is 24.9 Å². The van der Waals surface area contributed by atoms with Crippen LogP contribution in [0.1, 0.15) is 18.4 Å². The zero-order chi connectivity index (χ0) is 21.8. The Balaban J connectivity index is 1.66. The highest BCUT2D eigenvalue weighted by Gasteiger charge is 2.27. The monoisotopic (exact) mass is 431 g/mol. The van der Waals surface area contributed by atoms with E-state index in [-0.39, 0.29) is 11.6 Å². The summed E-state index contributed by atoms with van der Waals surface area (Å²) < 4.78 is 27.7. The van der Waals surface area contributed by atoms with Crippen LogP contribution in [0.3, 0.4) is 0 Å². The summed E-state index contributed by atoms with van der Waals surface area (Å²) in [5.41, 5.74) is 8.78. The van der Waals surface area contributed by atoms with Crippen molar-refractivity contribution in [3.8, 4) is 11.4 Å². The number of fused-ring (bicyclic) bond motifs is 4. The first kappa shape index (κ1) is 19.0. The molecule has 1 unspecified atom stereocenters. The second kappa shape index (κ2) is 7.16. The van der Waals surface area contributed by atoms with Gasteiger partial charge in [-0.2, -0.15) is 0 Å². The van der Waals surface area contributed by atoms with Crippen LogP contribution in [-0.2, 0) is 0 Å². The van der Waals surface area contributed by atoms with Crippen molar-refractivity contribution in [2.45, 2.75) is 18.9 Å². The molecule has 5 heterocycles. The predicted octanol–water partition coefficient (Wildman–Crippen LogP) is 4.20. The molecule has 3 N–H and O–H groups in total. The third-order valence-electron chi connectivity index (χ3n) is 6.02. The maximum atomic E-state index is 13.9. The molecule has 0 amide bonds. The lowest BCUT2D eigenvalue weighted by atomic mass is 10.1. The second-order valence-corrected chi connectivity index (χ2v) is 8.04. The van der Waals surface area contributed by atoms with Gasteiger partial charge < -0.3 is 15.6 Å². The summed E-state index contributed by atoms with van der Waals surface area (Å²) in [4.78, 5) is 23.3. The molecule has 1 saturated heterocycles. The third-order valence-corrected chi connectivity index (χ3v) is 6.02. The number of nitrogens with one attached hydrogen (secondary N) is 1. The van der Waals surface area contributed by atoms with E-state index in [9.17, 15) is 8.78 Å². The van der Waals surface area contributed by atoms with E-state index in [1.165, 1.54) is 12.4 Å². The highest BCUT2D eigenvalue weighted by atomic mass is 19.3. The first-order valence-corrected chi connectivity index (χ1v) is 10.4. The molecule has 0 aliphatic carbocycles. The minimum atomic E-state index is -2.68. The molecular weight excluding hydrogens is 412 g/mol. The van der Waals surface area contributed by atoms with Gasteiger partial charge in [0, 0.05) is 58.9 Å². The molecule has 0 bridgehead atoms. The Morgan fingerprint density at radius 1 is 1.09 bits per heavy atom. The topological polar surface area (TPSA) is 96.6 Å². The molecule has 7 nitrogen and oxygen atoms in total. The SMILES string of the molecule is NC1CCN(c2nc(-c3ccnc4[nH]c5ccccc5c34)nc3cncc(C(F)F)c23)C1. The fourth-order valence-corrected chi connectivity index (χ4v) is 4.54. The van der Waals surface area contributed by atoms with Crippen LogP contribution in [-0.4, -0.2) is 44.1 Å². The average molecular weight is 431 g/mol. The number of para-hydroxylation sites is 1. The highest BCUT2D eigenvalue weighted by molar-refractivity contribution is 6.12. The van der Waals surface area contributed by atoms with E-state index < -0.39 is 6.43 Å². The fraction of sp³-hybridized carbons (Fsp3) is 0.217. The van der Waals surface area contributed by atoms with Gasteiger partial charge in [-0.25, -0.2) is 23.7 Å². The highest BCUT2D eigenvalue weighted by Crippen LogP contribution is 2.37. The summed E-state index contributed by atoms with van der Waals surface area (Å²) in [5, 5.41) is 2.22. The number of nitrogens with two attached hydrogens (primary N) is 1. The van der Waals surface area contributed by atoms with Crippen LogP contribution in [0.4, 0.5) is 14.6 Å². The first-order chi connectivity index (χ1) is 15.6. The van der Waals surface area contributed by atoms with Crippen LogP contribution in [0, 0.1) is 0 Å². The molecule has 0 spiro atoms. The lowest BCUT2D eigenvalue weighted by Crippen LogP contribution is -2.27. The van der Waals surface area contributed by atoms with E-state index in [1.54, 1.807) is 6.20 Å². The second-order valence-electron chi connectivity index (χ2n) is 8.04. The number of hydrogen-bond donors (Lipinski definition) is 2. The number of aromatic amines is 1. The van der Waals surface area contributed by atoms with Crippen molar-refractivity contribution in [3.63, 3.8) is 0 Å². The molecule has 1 atom stereocenters. The number of nitrogens with zero attached hydrogens (tertiary/aromatic N) is 5. The van der Waals surface area contributed by atoms with Gasteiger partial charge in [0.2, 0.25) is 0 Å². The van der Waals surface area contributed by atoms with Crippen molar-refractivity contribution < 1.29 is 8.78 Å². The quantitative estimate of drug-likeness (QED) is 0.445. The van der Waals surface area contributed by atoms with Gasteiger partial charge in [-0.05, 0) is 18.6 Å². The third kappa shape index (κ3) is 2.89. The molecule has 4 aromatic heterocycles. The number of anilines is 1. The van der Waals surface area contributed by atoms with Crippen LogP contribution in [0.2, 0.25) is 0 Å². The van der Waals surface area contributed by atoms with E-state index in [0.717, 1.165) is 33.9 Å². The number of benzene rings is 1. The molecule has 5 aromatic rings. The molecule has 1 aliphatic rings. The molecule has 1 aromatic carbocycles. The van der Waals surface area contributed by atoms with Gasteiger partial charge in [-0.3, -0.25) is 4.98 Å².